The first-order chi connectivity index (χ1) is 18.7. The quantitative estimate of drug-likeness (QED) is 0.210. The van der Waals surface area contributed by atoms with Crippen molar-refractivity contribution in [2.45, 2.75) is 13.8 Å². The summed E-state index contributed by atoms with van der Waals surface area (Å²) in [6, 6.07) is 18.5. The van der Waals surface area contributed by atoms with E-state index in [1.54, 1.807) is 30.3 Å². The zero-order valence-electron chi connectivity index (χ0n) is 21.7. The first-order valence-electron chi connectivity index (χ1n) is 12.1. The van der Waals surface area contributed by atoms with E-state index in [1.165, 1.54) is 12.0 Å². The highest BCUT2D eigenvalue weighted by Gasteiger charge is 2.35. The van der Waals surface area contributed by atoms with Gasteiger partial charge in [-0.15, -0.1) is 0 Å². The number of amides is 3. The van der Waals surface area contributed by atoms with Crippen LogP contribution in [0.2, 0.25) is 0 Å². The van der Waals surface area contributed by atoms with E-state index in [9.17, 15) is 14.4 Å². The van der Waals surface area contributed by atoms with Crippen molar-refractivity contribution in [3.05, 3.63) is 85.8 Å². The molecule has 4 rings (SSSR count). The number of halogens is 1. The summed E-state index contributed by atoms with van der Waals surface area (Å²) in [7, 11) is 1.50. The molecule has 0 unspecified atom stereocenters. The third-order valence-electron chi connectivity index (χ3n) is 5.74. The number of aryl methyl sites for hydroxylation is 2. The Morgan fingerprint density at radius 1 is 1.03 bits per heavy atom. The summed E-state index contributed by atoms with van der Waals surface area (Å²) in [6.45, 7) is 4.07. The molecular weight excluding hydrogens is 631 g/mol. The fourth-order valence-electron chi connectivity index (χ4n) is 3.77. The summed E-state index contributed by atoms with van der Waals surface area (Å²) >= 11 is 2.97. The molecule has 1 aliphatic heterocycles. The second-order valence-electron chi connectivity index (χ2n) is 8.69. The van der Waals surface area contributed by atoms with E-state index >= 15 is 0 Å². The van der Waals surface area contributed by atoms with Crippen LogP contribution >= 0.6 is 34.4 Å². The Morgan fingerprint density at radius 3 is 2.54 bits per heavy atom. The van der Waals surface area contributed by atoms with Crippen molar-refractivity contribution in [2.24, 2.45) is 0 Å². The molecule has 39 heavy (non-hydrogen) atoms. The molecule has 3 aromatic rings. The van der Waals surface area contributed by atoms with Crippen molar-refractivity contribution >= 4 is 63.2 Å². The number of carbonyl (C=O) groups is 3. The van der Waals surface area contributed by atoms with Gasteiger partial charge in [0.2, 0.25) is 0 Å². The Hall–Kier alpha value is -3.51. The van der Waals surface area contributed by atoms with Gasteiger partial charge in [0.25, 0.3) is 17.1 Å². The highest BCUT2D eigenvalue weighted by atomic mass is 127. The lowest BCUT2D eigenvalue weighted by molar-refractivity contribution is -0.123. The van der Waals surface area contributed by atoms with Gasteiger partial charge < -0.3 is 19.5 Å². The fourth-order valence-corrected chi connectivity index (χ4v) is 5.42. The predicted octanol–water partition coefficient (Wildman–Crippen LogP) is 6.05. The van der Waals surface area contributed by atoms with E-state index < -0.39 is 0 Å². The second-order valence-corrected chi connectivity index (χ2v) is 10.8. The zero-order valence-corrected chi connectivity index (χ0v) is 24.6. The van der Waals surface area contributed by atoms with Crippen LogP contribution in [0.25, 0.3) is 6.08 Å². The van der Waals surface area contributed by atoms with Crippen molar-refractivity contribution in [1.82, 2.24) is 4.90 Å². The smallest absolute Gasteiger partial charge is 0.293 e. The van der Waals surface area contributed by atoms with Gasteiger partial charge in [0.05, 0.1) is 22.1 Å². The Bertz CT molecular complexity index is 1430. The van der Waals surface area contributed by atoms with Crippen molar-refractivity contribution < 1.29 is 28.6 Å². The minimum atomic E-state index is -0.374. The Labute approximate surface area is 244 Å². The van der Waals surface area contributed by atoms with Crippen LogP contribution in [-0.2, 0) is 9.59 Å². The Balaban J connectivity index is 1.40. The van der Waals surface area contributed by atoms with E-state index in [1.807, 2.05) is 50.2 Å². The van der Waals surface area contributed by atoms with Crippen molar-refractivity contribution in [2.75, 3.05) is 32.2 Å². The SMILES string of the molecule is COc1cc(/C=C2\SC(=O)N(CCOc3cc(C)ccc3C)C2=O)cc(I)c1OCC(=O)Nc1ccccc1. The highest BCUT2D eigenvalue weighted by Crippen LogP contribution is 2.37. The average molecular weight is 659 g/mol. The predicted molar refractivity (Wildman–Crippen MR) is 160 cm³/mol. The highest BCUT2D eigenvalue weighted by molar-refractivity contribution is 14.1. The summed E-state index contributed by atoms with van der Waals surface area (Å²) < 4.78 is 17.8. The van der Waals surface area contributed by atoms with E-state index in [-0.39, 0.29) is 36.8 Å². The Kier molecular flexibility index (Phi) is 9.52. The van der Waals surface area contributed by atoms with Gasteiger partial charge in [0, 0.05) is 5.69 Å². The van der Waals surface area contributed by atoms with Crippen LogP contribution in [0.3, 0.4) is 0 Å². The van der Waals surface area contributed by atoms with Gasteiger partial charge in [0.15, 0.2) is 18.1 Å². The minimum absolute atomic E-state index is 0.147. The molecule has 10 heteroatoms. The van der Waals surface area contributed by atoms with Gasteiger partial charge in [-0.05, 0) is 101 Å². The number of thioether (sulfide) groups is 1. The van der Waals surface area contributed by atoms with Gasteiger partial charge in [0.1, 0.15) is 12.4 Å². The number of ether oxygens (including phenoxy) is 3. The van der Waals surface area contributed by atoms with E-state index in [0.29, 0.717) is 31.2 Å². The molecular formula is C29H27IN2O6S. The summed E-state index contributed by atoms with van der Waals surface area (Å²) in [6.07, 6.45) is 1.65. The van der Waals surface area contributed by atoms with Crippen molar-refractivity contribution in [3.63, 3.8) is 0 Å². The maximum Gasteiger partial charge on any atom is 0.293 e. The van der Waals surface area contributed by atoms with Crippen LogP contribution in [0.5, 0.6) is 17.2 Å². The molecule has 202 valence electrons. The summed E-state index contributed by atoms with van der Waals surface area (Å²) in [5, 5.41) is 2.42. The molecule has 0 atom stereocenters. The standard InChI is InChI=1S/C29H27IN2O6S/c1-18-9-10-19(2)23(13-18)37-12-11-32-28(34)25(39-29(32)35)16-20-14-22(30)27(24(15-20)36-3)38-17-26(33)31-21-7-5-4-6-8-21/h4-10,13-16H,11-12,17H2,1-3H3,(H,31,33)/b25-16-. The van der Waals surface area contributed by atoms with Gasteiger partial charge in [-0.25, -0.2) is 0 Å². The number of carbonyl (C=O) groups excluding carboxylic acids is 3. The lowest BCUT2D eigenvalue weighted by Crippen LogP contribution is -2.32. The van der Waals surface area contributed by atoms with Crippen molar-refractivity contribution in [3.8, 4) is 17.2 Å². The number of nitrogens with zero attached hydrogens (tertiary/aromatic N) is 1. The maximum atomic E-state index is 13.0. The number of para-hydroxylation sites is 1. The molecule has 0 radical (unpaired) electrons. The molecule has 0 spiro atoms. The molecule has 0 saturated carbocycles. The molecule has 0 aliphatic carbocycles. The summed E-state index contributed by atoms with van der Waals surface area (Å²) in [4.78, 5) is 39.3. The normalized spacial score (nSPS) is 14.1. The van der Waals surface area contributed by atoms with E-state index in [2.05, 4.69) is 27.9 Å². The fraction of sp³-hybridized carbons (Fsp3) is 0.207. The monoisotopic (exact) mass is 658 g/mol. The summed E-state index contributed by atoms with van der Waals surface area (Å²) in [5.41, 5.74) is 3.40. The third-order valence-corrected chi connectivity index (χ3v) is 7.45. The molecule has 3 aromatic carbocycles. The van der Waals surface area contributed by atoms with Crippen LogP contribution in [0, 0.1) is 17.4 Å². The molecule has 1 aliphatic rings. The van der Waals surface area contributed by atoms with E-state index in [4.69, 9.17) is 14.2 Å². The number of hydrogen-bond donors (Lipinski definition) is 1. The lowest BCUT2D eigenvalue weighted by Gasteiger charge is -2.15. The number of nitrogens with one attached hydrogen (secondary N) is 1. The second kappa shape index (κ2) is 13.0. The van der Waals surface area contributed by atoms with E-state index in [0.717, 1.165) is 28.6 Å². The lowest BCUT2D eigenvalue weighted by atomic mass is 10.1. The number of imide groups is 1. The molecule has 3 amide bonds. The largest absolute Gasteiger partial charge is 0.493 e. The van der Waals surface area contributed by atoms with Crippen molar-refractivity contribution in [1.29, 1.82) is 0 Å². The van der Waals surface area contributed by atoms with Crippen LogP contribution < -0.4 is 19.5 Å². The Morgan fingerprint density at radius 2 is 1.79 bits per heavy atom. The minimum Gasteiger partial charge on any atom is -0.493 e. The van der Waals surface area contributed by atoms with Gasteiger partial charge in [-0.1, -0.05) is 30.3 Å². The molecule has 1 N–H and O–H groups in total. The van der Waals surface area contributed by atoms with Gasteiger partial charge >= 0.3 is 0 Å². The average Bonchev–Trinajstić information content (AvgIpc) is 3.17. The third kappa shape index (κ3) is 7.33. The van der Waals surface area contributed by atoms with Crippen LogP contribution in [-0.4, -0.2) is 48.8 Å². The first kappa shape index (κ1) is 28.5. The molecule has 1 heterocycles. The van der Waals surface area contributed by atoms with Gasteiger partial charge in [-0.2, -0.15) is 0 Å². The number of benzene rings is 3. The number of hydrogen-bond acceptors (Lipinski definition) is 7. The zero-order chi connectivity index (χ0) is 27.9. The molecule has 1 saturated heterocycles. The summed E-state index contributed by atoms with van der Waals surface area (Å²) in [5.74, 6) is 0.871. The molecule has 0 bridgehead atoms. The first-order valence-corrected chi connectivity index (χ1v) is 14.0. The van der Waals surface area contributed by atoms with Crippen LogP contribution in [0.4, 0.5) is 10.5 Å². The molecule has 8 nitrogen and oxygen atoms in total. The maximum absolute atomic E-state index is 13.0. The topological polar surface area (TPSA) is 94.2 Å². The molecule has 0 aromatic heterocycles. The van der Waals surface area contributed by atoms with Crippen LogP contribution in [0.15, 0.2) is 65.6 Å². The van der Waals surface area contributed by atoms with Crippen LogP contribution in [0.1, 0.15) is 16.7 Å². The number of anilines is 1. The molecule has 1 fully saturated rings. The number of rotatable bonds is 10. The van der Waals surface area contributed by atoms with Gasteiger partial charge in [-0.3, -0.25) is 19.3 Å². The number of methoxy groups -OCH3 is 1.